The molecule has 1 heterocycles. The Kier molecular flexibility index (Phi) is 7.16. The lowest BCUT2D eigenvalue weighted by Gasteiger charge is -2.28. The van der Waals surface area contributed by atoms with Gasteiger partial charge in [-0.15, -0.1) is 0 Å². The van der Waals surface area contributed by atoms with Crippen LogP contribution < -0.4 is 10.1 Å². The standard InChI is InChI=1S/C23H19Cl3N2O4S/c24-19-7-5-17(11-20(19)25)27-23(29)14-32-22-8-6-18(12-21(22)26)33(30,31)28-10-9-15-3-1-2-4-16(15)13-28/h1-8,11-12H,9-10,13-14H2,(H,27,29). The monoisotopic (exact) mass is 524 g/mol. The number of hydrogen-bond donors (Lipinski definition) is 1. The van der Waals surface area contributed by atoms with Gasteiger partial charge in [0.15, 0.2) is 6.61 Å². The zero-order valence-corrected chi connectivity index (χ0v) is 20.3. The van der Waals surface area contributed by atoms with Crippen LogP contribution in [0.3, 0.4) is 0 Å². The highest BCUT2D eigenvalue weighted by Crippen LogP contribution is 2.31. The normalized spacial score (nSPS) is 13.9. The molecule has 0 spiro atoms. The van der Waals surface area contributed by atoms with Crippen molar-refractivity contribution < 1.29 is 17.9 Å². The molecule has 0 saturated carbocycles. The van der Waals surface area contributed by atoms with Crippen LogP contribution >= 0.6 is 34.8 Å². The Morgan fingerprint density at radius 2 is 1.70 bits per heavy atom. The summed E-state index contributed by atoms with van der Waals surface area (Å²) in [6, 6.07) is 16.7. The summed E-state index contributed by atoms with van der Waals surface area (Å²) >= 11 is 18.1. The van der Waals surface area contributed by atoms with Crippen molar-refractivity contribution in [2.75, 3.05) is 18.5 Å². The number of nitrogens with zero attached hydrogens (tertiary/aromatic N) is 1. The summed E-state index contributed by atoms with van der Waals surface area (Å²) in [5, 5.41) is 3.42. The summed E-state index contributed by atoms with van der Waals surface area (Å²) < 4.78 is 33.2. The van der Waals surface area contributed by atoms with Crippen molar-refractivity contribution in [3.8, 4) is 5.75 Å². The van der Waals surface area contributed by atoms with E-state index in [2.05, 4.69) is 5.32 Å². The van der Waals surface area contributed by atoms with E-state index in [-0.39, 0.29) is 22.3 Å². The minimum atomic E-state index is -3.73. The largest absolute Gasteiger partial charge is 0.482 e. The van der Waals surface area contributed by atoms with E-state index >= 15 is 0 Å². The van der Waals surface area contributed by atoms with E-state index in [0.717, 1.165) is 11.1 Å². The highest BCUT2D eigenvalue weighted by atomic mass is 35.5. The molecule has 0 bridgehead atoms. The lowest BCUT2D eigenvalue weighted by molar-refractivity contribution is -0.118. The van der Waals surface area contributed by atoms with E-state index in [4.69, 9.17) is 39.5 Å². The van der Waals surface area contributed by atoms with Gasteiger partial charge in [0.1, 0.15) is 5.75 Å². The van der Waals surface area contributed by atoms with Crippen molar-refractivity contribution in [2.45, 2.75) is 17.9 Å². The lowest BCUT2D eigenvalue weighted by atomic mass is 10.0. The number of fused-ring (bicyclic) bond motifs is 1. The van der Waals surface area contributed by atoms with E-state index in [0.29, 0.717) is 35.2 Å². The molecule has 3 aromatic carbocycles. The number of rotatable bonds is 6. The number of carbonyl (C=O) groups excluding carboxylic acids is 1. The van der Waals surface area contributed by atoms with Gasteiger partial charge in [0, 0.05) is 18.8 Å². The second-order valence-corrected chi connectivity index (χ2v) is 10.6. The Morgan fingerprint density at radius 3 is 2.42 bits per heavy atom. The third-order valence-electron chi connectivity index (χ3n) is 5.20. The van der Waals surface area contributed by atoms with Crippen molar-refractivity contribution in [1.82, 2.24) is 4.31 Å². The highest BCUT2D eigenvalue weighted by Gasteiger charge is 2.28. The van der Waals surface area contributed by atoms with Crippen LogP contribution in [-0.2, 0) is 27.8 Å². The maximum atomic E-state index is 13.1. The Morgan fingerprint density at radius 1 is 0.939 bits per heavy atom. The van der Waals surface area contributed by atoms with Crippen molar-refractivity contribution in [3.63, 3.8) is 0 Å². The fourth-order valence-corrected chi connectivity index (χ4v) is 5.54. The molecule has 172 valence electrons. The zero-order chi connectivity index (χ0) is 23.6. The highest BCUT2D eigenvalue weighted by molar-refractivity contribution is 7.89. The third-order valence-corrected chi connectivity index (χ3v) is 8.07. The van der Waals surface area contributed by atoms with E-state index < -0.39 is 15.9 Å². The number of benzene rings is 3. The van der Waals surface area contributed by atoms with Crippen LogP contribution in [0.25, 0.3) is 0 Å². The van der Waals surface area contributed by atoms with Crippen LogP contribution in [0, 0.1) is 0 Å². The predicted molar refractivity (Wildman–Crippen MR) is 130 cm³/mol. The second-order valence-electron chi connectivity index (χ2n) is 7.42. The quantitative estimate of drug-likeness (QED) is 0.467. The average molecular weight is 526 g/mol. The van der Waals surface area contributed by atoms with Crippen LogP contribution in [0.5, 0.6) is 5.75 Å². The molecule has 1 aliphatic heterocycles. The first-order chi connectivity index (χ1) is 15.7. The summed E-state index contributed by atoms with van der Waals surface area (Å²) in [5.41, 5.74) is 2.62. The molecule has 0 aliphatic carbocycles. The molecule has 10 heteroatoms. The van der Waals surface area contributed by atoms with Gasteiger partial charge in [0.05, 0.1) is 20.0 Å². The summed E-state index contributed by atoms with van der Waals surface area (Å²) in [5.74, 6) is -0.239. The van der Waals surface area contributed by atoms with Crippen LogP contribution in [0.15, 0.2) is 65.6 Å². The van der Waals surface area contributed by atoms with Crippen molar-refractivity contribution in [2.24, 2.45) is 0 Å². The lowest BCUT2D eigenvalue weighted by Crippen LogP contribution is -2.35. The van der Waals surface area contributed by atoms with Gasteiger partial charge < -0.3 is 10.1 Å². The molecule has 0 atom stereocenters. The molecule has 0 aromatic heterocycles. The Balaban J connectivity index is 1.41. The van der Waals surface area contributed by atoms with E-state index in [1.54, 1.807) is 12.1 Å². The predicted octanol–water partition coefficient (Wildman–Crippen LogP) is 5.41. The van der Waals surface area contributed by atoms with E-state index in [1.807, 2.05) is 24.3 Å². The van der Waals surface area contributed by atoms with Crippen molar-refractivity contribution in [3.05, 3.63) is 86.9 Å². The maximum absolute atomic E-state index is 13.1. The zero-order valence-electron chi connectivity index (χ0n) is 17.2. The topological polar surface area (TPSA) is 75.7 Å². The molecule has 1 amide bonds. The number of anilines is 1. The van der Waals surface area contributed by atoms with E-state index in [1.165, 1.54) is 28.6 Å². The molecule has 1 aliphatic rings. The Labute approximate surface area is 207 Å². The average Bonchev–Trinajstić information content (AvgIpc) is 2.80. The number of halogens is 3. The summed E-state index contributed by atoms with van der Waals surface area (Å²) in [6.45, 7) is 0.377. The first kappa shape index (κ1) is 23.9. The van der Waals surface area contributed by atoms with Gasteiger partial charge in [0.2, 0.25) is 10.0 Å². The molecule has 1 N–H and O–H groups in total. The first-order valence-electron chi connectivity index (χ1n) is 9.98. The van der Waals surface area contributed by atoms with Gasteiger partial charge in [-0.1, -0.05) is 59.1 Å². The molecule has 33 heavy (non-hydrogen) atoms. The molecule has 0 fully saturated rings. The molecule has 6 nitrogen and oxygen atoms in total. The van der Waals surface area contributed by atoms with Gasteiger partial charge in [-0.3, -0.25) is 4.79 Å². The van der Waals surface area contributed by atoms with Crippen molar-refractivity contribution in [1.29, 1.82) is 0 Å². The first-order valence-corrected chi connectivity index (χ1v) is 12.6. The molecule has 0 radical (unpaired) electrons. The minimum Gasteiger partial charge on any atom is -0.482 e. The van der Waals surface area contributed by atoms with Crippen LogP contribution in [0.1, 0.15) is 11.1 Å². The fraction of sp³-hybridized carbons (Fsp3) is 0.174. The third kappa shape index (κ3) is 5.45. The molecule has 3 aromatic rings. The molecule has 0 unspecified atom stereocenters. The smallest absolute Gasteiger partial charge is 0.262 e. The molecular weight excluding hydrogens is 507 g/mol. The van der Waals surface area contributed by atoms with Gasteiger partial charge in [-0.2, -0.15) is 4.31 Å². The number of amides is 1. The van der Waals surface area contributed by atoms with Crippen LogP contribution in [0.4, 0.5) is 5.69 Å². The van der Waals surface area contributed by atoms with Gasteiger partial charge in [0.25, 0.3) is 5.91 Å². The number of nitrogens with one attached hydrogen (secondary N) is 1. The number of carbonyl (C=O) groups is 1. The molecular formula is C23H19Cl3N2O4S. The Hall–Kier alpha value is -2.29. The van der Waals surface area contributed by atoms with Gasteiger partial charge in [-0.05, 0) is 53.9 Å². The Bertz CT molecular complexity index is 1310. The van der Waals surface area contributed by atoms with Crippen LogP contribution in [-0.4, -0.2) is 31.8 Å². The molecule has 4 rings (SSSR count). The number of sulfonamides is 1. The van der Waals surface area contributed by atoms with Gasteiger partial charge in [-0.25, -0.2) is 8.42 Å². The fourth-order valence-electron chi connectivity index (χ4n) is 3.50. The minimum absolute atomic E-state index is 0.0690. The summed E-state index contributed by atoms with van der Waals surface area (Å²) in [6.07, 6.45) is 0.651. The number of ether oxygens (including phenoxy) is 1. The van der Waals surface area contributed by atoms with Crippen molar-refractivity contribution >= 4 is 56.4 Å². The van der Waals surface area contributed by atoms with E-state index in [9.17, 15) is 13.2 Å². The second kappa shape index (κ2) is 9.91. The summed E-state index contributed by atoms with van der Waals surface area (Å²) in [7, 11) is -3.73. The molecule has 0 saturated heterocycles. The SMILES string of the molecule is O=C(COc1ccc(S(=O)(=O)N2CCc3ccccc3C2)cc1Cl)Nc1ccc(Cl)c(Cl)c1. The number of hydrogen-bond acceptors (Lipinski definition) is 4. The van der Waals surface area contributed by atoms with Gasteiger partial charge >= 0.3 is 0 Å². The summed E-state index contributed by atoms with van der Waals surface area (Å²) in [4.78, 5) is 12.2. The van der Waals surface area contributed by atoms with Crippen LogP contribution in [0.2, 0.25) is 15.1 Å². The maximum Gasteiger partial charge on any atom is 0.262 e.